The van der Waals surface area contributed by atoms with Crippen LogP contribution in [0.4, 0.5) is 0 Å². The molecule has 3 saturated carbocycles. The summed E-state index contributed by atoms with van der Waals surface area (Å²) in [7, 11) is 3.61. The van der Waals surface area contributed by atoms with Gasteiger partial charge in [0.15, 0.2) is 0 Å². The Morgan fingerprint density at radius 3 is 2.29 bits per heavy atom. The first kappa shape index (κ1) is 40.4. The molecule has 8 atom stereocenters. The average Bonchev–Trinajstić information content (AvgIpc) is 3.43. The molecule has 0 spiro atoms. The Morgan fingerprint density at radius 2 is 1.56 bits per heavy atom. The zero-order chi connectivity index (χ0) is 41.6. The van der Waals surface area contributed by atoms with Crippen LogP contribution < -0.4 is 20.9 Å². The van der Waals surface area contributed by atoms with Crippen molar-refractivity contribution < 1.29 is 9.47 Å². The summed E-state index contributed by atoms with van der Waals surface area (Å²) in [6.07, 6.45) is 27.1. The van der Waals surface area contributed by atoms with E-state index in [0.717, 1.165) is 53.6 Å². The molecule has 2 heteroatoms. The molecule has 2 bridgehead atoms. The quantitative estimate of drug-likeness (QED) is 0.240. The third-order valence-electron chi connectivity index (χ3n) is 16.5. The minimum absolute atomic E-state index is 0.126. The number of hydrogen-bond acceptors (Lipinski definition) is 2. The van der Waals surface area contributed by atoms with E-state index in [-0.39, 0.29) is 10.8 Å². The molecule has 2 nitrogen and oxygen atoms in total. The molecule has 3 unspecified atom stereocenters. The number of hydrogen-bond donors (Lipinski definition) is 0. The van der Waals surface area contributed by atoms with Gasteiger partial charge in [0, 0.05) is 16.9 Å². The Kier molecular flexibility index (Phi) is 10.2. The van der Waals surface area contributed by atoms with Crippen molar-refractivity contribution >= 4 is 40.3 Å². The van der Waals surface area contributed by atoms with Crippen LogP contribution in [0, 0.1) is 57.7 Å². The van der Waals surface area contributed by atoms with Crippen molar-refractivity contribution in [3.05, 3.63) is 122 Å². The van der Waals surface area contributed by atoms with Gasteiger partial charge in [-0.1, -0.05) is 135 Å². The van der Waals surface area contributed by atoms with E-state index in [0.29, 0.717) is 29.1 Å². The molecular formula is C57H70O2. The number of methoxy groups -OCH3 is 2. The summed E-state index contributed by atoms with van der Waals surface area (Å²) in [5.74, 6) is 6.87. The fourth-order valence-corrected chi connectivity index (χ4v) is 13.1. The average molecular weight is 787 g/mol. The predicted molar refractivity (Wildman–Crippen MR) is 250 cm³/mol. The lowest BCUT2D eigenvalue weighted by atomic mass is 9.64. The fraction of sp³-hybridized carbons (Fsp3) is 0.509. The molecule has 3 aromatic rings. The second-order valence-corrected chi connectivity index (χ2v) is 22.2. The summed E-state index contributed by atoms with van der Waals surface area (Å²) in [6.45, 7) is 23.8. The first-order valence-corrected chi connectivity index (χ1v) is 23.1. The van der Waals surface area contributed by atoms with Gasteiger partial charge in [0.25, 0.3) is 0 Å². The third-order valence-corrected chi connectivity index (χ3v) is 16.5. The van der Waals surface area contributed by atoms with E-state index < -0.39 is 0 Å². The van der Waals surface area contributed by atoms with Gasteiger partial charge in [0.2, 0.25) is 0 Å². The van der Waals surface area contributed by atoms with Crippen LogP contribution in [0.1, 0.15) is 123 Å². The molecule has 0 aliphatic heterocycles. The molecule has 0 heterocycles. The summed E-state index contributed by atoms with van der Waals surface area (Å²) >= 11 is 0. The third kappa shape index (κ3) is 7.13. The molecule has 9 rings (SSSR count). The predicted octanol–water partition coefficient (Wildman–Crippen LogP) is 11.5. The second kappa shape index (κ2) is 14.8. The lowest BCUT2D eigenvalue weighted by Crippen LogP contribution is -2.33. The van der Waals surface area contributed by atoms with Gasteiger partial charge in [-0.2, -0.15) is 0 Å². The Labute approximate surface area is 355 Å². The number of ether oxygens (including phenoxy) is 2. The Balaban J connectivity index is 1.05. The highest BCUT2D eigenvalue weighted by atomic mass is 16.5. The number of benzene rings is 3. The molecule has 0 N–H and O–H groups in total. The van der Waals surface area contributed by atoms with Gasteiger partial charge < -0.3 is 9.47 Å². The van der Waals surface area contributed by atoms with Crippen LogP contribution in [-0.4, -0.2) is 14.2 Å². The van der Waals surface area contributed by atoms with Crippen LogP contribution in [0.5, 0.6) is 0 Å². The molecule has 0 aromatic heterocycles. The Hall–Kier alpha value is -4.04. The normalized spacial score (nSPS) is 32.3. The largest absolute Gasteiger partial charge is 0.497 e. The van der Waals surface area contributed by atoms with Gasteiger partial charge in [-0.25, -0.2) is 0 Å². The van der Waals surface area contributed by atoms with Gasteiger partial charge in [-0.15, -0.1) is 0 Å². The van der Waals surface area contributed by atoms with Crippen molar-refractivity contribution in [1.82, 2.24) is 0 Å². The van der Waals surface area contributed by atoms with Crippen LogP contribution in [0.25, 0.3) is 40.3 Å². The summed E-state index contributed by atoms with van der Waals surface area (Å²) < 4.78 is 11.9. The number of allylic oxidation sites excluding steroid dienone is 5. The summed E-state index contributed by atoms with van der Waals surface area (Å²) in [6, 6.07) is 16.8. The zero-order valence-corrected chi connectivity index (χ0v) is 37.9. The molecule has 0 amide bonds. The molecule has 310 valence electrons. The van der Waals surface area contributed by atoms with Gasteiger partial charge in [0.05, 0.1) is 14.2 Å². The smallest absolute Gasteiger partial charge is 0.119 e. The van der Waals surface area contributed by atoms with Crippen molar-refractivity contribution in [1.29, 1.82) is 0 Å². The molecule has 3 fully saturated rings. The maximum atomic E-state index is 6.07. The van der Waals surface area contributed by atoms with Gasteiger partial charge >= 0.3 is 0 Å². The maximum Gasteiger partial charge on any atom is 0.119 e. The first-order valence-electron chi connectivity index (χ1n) is 23.1. The maximum absolute atomic E-state index is 6.07. The molecule has 59 heavy (non-hydrogen) atoms. The Morgan fingerprint density at radius 1 is 0.814 bits per heavy atom. The van der Waals surface area contributed by atoms with Crippen molar-refractivity contribution in [3.63, 3.8) is 0 Å². The highest BCUT2D eigenvalue weighted by Gasteiger charge is 2.57. The summed E-state index contributed by atoms with van der Waals surface area (Å²) in [5.41, 5.74) is 7.66. The van der Waals surface area contributed by atoms with Crippen LogP contribution in [0.2, 0.25) is 0 Å². The topological polar surface area (TPSA) is 18.5 Å². The molecule has 0 radical (unpaired) electrons. The van der Waals surface area contributed by atoms with Crippen molar-refractivity contribution in [2.75, 3.05) is 14.2 Å². The van der Waals surface area contributed by atoms with Gasteiger partial charge in [-0.05, 0) is 170 Å². The van der Waals surface area contributed by atoms with E-state index in [1.165, 1.54) is 92.4 Å². The van der Waals surface area contributed by atoms with Crippen molar-refractivity contribution in [2.45, 2.75) is 113 Å². The highest BCUT2D eigenvalue weighted by Crippen LogP contribution is 2.65. The number of fused-ring (bicyclic) bond motifs is 4. The molecular weight excluding hydrogens is 717 g/mol. The van der Waals surface area contributed by atoms with E-state index in [4.69, 9.17) is 9.47 Å². The van der Waals surface area contributed by atoms with Gasteiger partial charge in [-0.3, -0.25) is 0 Å². The minimum Gasteiger partial charge on any atom is -0.497 e. The summed E-state index contributed by atoms with van der Waals surface area (Å²) in [4.78, 5) is 0. The van der Waals surface area contributed by atoms with Gasteiger partial charge in [0.1, 0.15) is 11.5 Å². The van der Waals surface area contributed by atoms with E-state index in [2.05, 4.69) is 147 Å². The van der Waals surface area contributed by atoms with E-state index in [1.54, 1.807) is 7.11 Å². The number of rotatable bonds is 5. The van der Waals surface area contributed by atoms with E-state index in [9.17, 15) is 0 Å². The lowest BCUT2D eigenvalue weighted by Gasteiger charge is -2.41. The van der Waals surface area contributed by atoms with Crippen LogP contribution in [-0.2, 0) is 15.9 Å². The van der Waals surface area contributed by atoms with Crippen molar-refractivity contribution in [3.8, 4) is 0 Å². The van der Waals surface area contributed by atoms with E-state index >= 15 is 0 Å². The van der Waals surface area contributed by atoms with Crippen molar-refractivity contribution in [2.24, 2.45) is 57.7 Å². The highest BCUT2D eigenvalue weighted by molar-refractivity contribution is 5.96. The fourth-order valence-electron chi connectivity index (χ4n) is 13.1. The van der Waals surface area contributed by atoms with Crippen LogP contribution in [0.15, 0.2) is 84.7 Å². The Bertz CT molecular complexity index is 2540. The molecule has 6 aliphatic carbocycles. The summed E-state index contributed by atoms with van der Waals surface area (Å²) in [5, 5.41) is 8.30. The standard InChI is InChI=1S/C57H70O2/c1-34(58-10)46-23-21-42-30-44(56(5,6)7)29-41-19-18-40(54(46)53(41)42)25-35-15-22-47-48-24-20-39(32-52(48)57(8,9)51(47)26-35)50-33-45(59-11)14-12-13-36-27-43(55(2,3)4)28-37-16-17-38(50)31-49(36)37/h12,14,16-19,21,23,25,27-29,31,33,35-36,39,44,47-48,51-52H,1,13,15,20,22,24,26,30,32H2,2-11H3/b14-12+,40-25+,45-33+,50-38+/t35-,36?,39?,44?,47+,48-,51+,52-/m1/s1. The lowest BCUT2D eigenvalue weighted by molar-refractivity contribution is 0.108. The van der Waals surface area contributed by atoms with Crippen LogP contribution >= 0.6 is 0 Å². The monoisotopic (exact) mass is 787 g/mol. The van der Waals surface area contributed by atoms with E-state index in [1.807, 2.05) is 7.11 Å². The zero-order valence-electron chi connectivity index (χ0n) is 37.9. The minimum atomic E-state index is 0.126. The molecule has 6 aliphatic rings. The SMILES string of the molecule is C=C(OC)c1ccc2c3c(cc/c(=C\[C@H]4CC[C@H]5[C@H]6CCC(C7=c8\ccc9c(c8)C(C=C(C(C)(C)C)C=9)C/C=C/C(OC)=C\7)C[C@H]6C(C)(C)[C@H]5C4)c13)=CC(C(C)(C)C)C2. The first-order chi connectivity index (χ1) is 28.0. The second-order valence-electron chi connectivity index (χ2n) is 22.2. The molecule has 0 saturated heterocycles. The van der Waals surface area contributed by atoms with Crippen LogP contribution in [0.3, 0.4) is 0 Å². The molecule has 3 aromatic carbocycles.